The van der Waals surface area contributed by atoms with Crippen LogP contribution in [0.3, 0.4) is 0 Å². The van der Waals surface area contributed by atoms with Crippen LogP contribution >= 0.6 is 0 Å². The zero-order chi connectivity index (χ0) is 66.3. The Morgan fingerprint density at radius 2 is 1.09 bits per heavy atom. The molecule has 8 heteroatoms. The van der Waals surface area contributed by atoms with Gasteiger partial charge in [-0.05, 0) is 17.7 Å². The first-order chi connectivity index (χ1) is 43.8. The van der Waals surface area contributed by atoms with Crippen molar-refractivity contribution in [2.75, 3.05) is 9.62 Å². The van der Waals surface area contributed by atoms with Gasteiger partial charge >= 0.3 is 414 Å². The number of aromatic nitrogens is 3. The van der Waals surface area contributed by atoms with Crippen molar-refractivity contribution in [1.29, 1.82) is 0 Å². The molecule has 2 aromatic heterocycles. The molecule has 0 radical (unpaired) electrons. The molecule has 0 bridgehead atoms. The number of hydrogen-bond acceptors (Lipinski definition) is 4. The molecular weight excluding hydrogens is 1140 g/mol. The van der Waals surface area contributed by atoms with Gasteiger partial charge in [0.2, 0.25) is 0 Å². The van der Waals surface area contributed by atoms with Crippen LogP contribution in [0.4, 0.5) is 22.9 Å². The van der Waals surface area contributed by atoms with Crippen LogP contribution in [0.15, 0.2) is 212 Å². The van der Waals surface area contributed by atoms with Crippen LogP contribution in [-0.4, -0.2) is 21.1 Å². The van der Waals surface area contributed by atoms with Crippen LogP contribution in [0.25, 0.3) is 66.9 Å². The molecule has 0 N–H and O–H groups in total. The molecule has 11 aromatic rings. The molecule has 4 heterocycles. The number of nitrogens with zero attached hydrogens (tertiary/aromatic N) is 5. The topological polar surface area (TPSA) is 38.5 Å². The van der Waals surface area contributed by atoms with E-state index in [0.29, 0.717) is 54.3 Å². The molecular formula is C71H62BN5OPt. The standard InChI is InChI=1S/C71H62BN5O.Pt/c1-46-35-59(49-24-11-10-12-25-49)69(60(36-46)50-39-52(70(4,5)6)43-53(40-50)71(7,8)9)75-45-74(63-31-19-20-32-64(63)75)54-41-51(56-26-14-13-23-48(56)3)42-55(44-54)78-68-38-47(2)37-67(73-68)77-66-34-22-21-33-65(66)76-62-30-18-16-28-58(62)57-27-15-17-29-61(57)72(76)77;/h10-44H,1-9H3;/i1D3,2D3,3D3,10D,11D,12D,24D,25D;. The predicted octanol–water partition coefficient (Wildman–Crippen LogP) is 17.9. The van der Waals surface area contributed by atoms with Crippen LogP contribution in [0.5, 0.6) is 11.6 Å². The van der Waals surface area contributed by atoms with Crippen molar-refractivity contribution >= 4 is 46.4 Å². The molecule has 0 saturated heterocycles. The van der Waals surface area contributed by atoms with Crippen LogP contribution in [0.1, 0.15) is 88.6 Å². The number of ether oxygens (including phenoxy) is 1. The van der Waals surface area contributed by atoms with E-state index in [0.717, 1.165) is 44.8 Å². The molecule has 0 fully saturated rings. The van der Waals surface area contributed by atoms with Gasteiger partial charge in [-0.25, -0.2) is 0 Å². The number of para-hydroxylation sites is 5. The minimum absolute atomic E-state index is 0.0444. The van der Waals surface area contributed by atoms with Gasteiger partial charge in [-0.3, -0.25) is 0 Å². The second-order valence-corrected chi connectivity index (χ2v) is 23.3. The second-order valence-electron chi connectivity index (χ2n) is 22.2. The third kappa shape index (κ3) is 8.80. The van der Waals surface area contributed by atoms with Crippen molar-refractivity contribution in [2.45, 2.75) is 72.9 Å². The quantitative estimate of drug-likeness (QED) is 0.142. The van der Waals surface area contributed by atoms with E-state index in [4.69, 9.17) is 26.2 Å². The number of aryl methyl sites for hydroxylation is 3. The predicted molar refractivity (Wildman–Crippen MR) is 326 cm³/mol. The van der Waals surface area contributed by atoms with E-state index < -0.39 is 68.6 Å². The summed E-state index contributed by atoms with van der Waals surface area (Å²) in [4.78, 5) is 9.49. The fourth-order valence-electron chi connectivity index (χ4n) is 11.3. The minimum atomic E-state index is -2.75. The number of rotatable bonds is 8. The van der Waals surface area contributed by atoms with Gasteiger partial charge in [0.25, 0.3) is 0 Å². The molecule has 9 aromatic carbocycles. The van der Waals surface area contributed by atoms with Gasteiger partial charge in [0.1, 0.15) is 0 Å². The molecule has 0 saturated carbocycles. The number of anilines is 4. The van der Waals surface area contributed by atoms with E-state index in [9.17, 15) is 2.74 Å². The number of pyridine rings is 1. The summed E-state index contributed by atoms with van der Waals surface area (Å²) in [6.45, 7) is 4.09. The van der Waals surface area contributed by atoms with Gasteiger partial charge in [-0.1, -0.05) is 54.6 Å². The average Bonchev–Trinajstić information content (AvgIpc) is 1.62. The number of imidazole rings is 1. The van der Waals surface area contributed by atoms with E-state index in [-0.39, 0.29) is 39.4 Å². The zero-order valence-electron chi connectivity index (χ0n) is 58.4. The molecule has 0 unspecified atom stereocenters. The second kappa shape index (κ2) is 19.3. The summed E-state index contributed by atoms with van der Waals surface area (Å²) in [5, 5.41) is 0. The van der Waals surface area contributed by atoms with Crippen LogP contribution in [0.2, 0.25) is 0 Å². The number of fused-ring (bicyclic) bond motifs is 9. The first-order valence-corrected chi connectivity index (χ1v) is 27.4. The van der Waals surface area contributed by atoms with Crippen molar-refractivity contribution < 1.29 is 43.3 Å². The summed E-state index contributed by atoms with van der Waals surface area (Å²) in [5.41, 5.74) is 10.2. The van der Waals surface area contributed by atoms with Gasteiger partial charge in [-0.15, -0.1) is 0 Å². The summed E-state index contributed by atoms with van der Waals surface area (Å²) < 4.78 is 137. The summed E-state index contributed by atoms with van der Waals surface area (Å²) in [6.07, 6.45) is 0. The van der Waals surface area contributed by atoms with E-state index in [1.807, 2.05) is 105 Å². The fourth-order valence-corrected chi connectivity index (χ4v) is 12.4. The first kappa shape index (κ1) is 36.8. The molecule has 0 atom stereocenters. The Hall–Kier alpha value is -8.25. The third-order valence-corrected chi connectivity index (χ3v) is 16.0. The Bertz CT molecular complexity index is 4900. The number of benzene rings is 9. The third-order valence-electron chi connectivity index (χ3n) is 15.0. The van der Waals surface area contributed by atoms with Gasteiger partial charge in [0.15, 0.2) is 0 Å². The van der Waals surface area contributed by atoms with Crippen molar-refractivity contribution in [2.24, 2.45) is 0 Å². The first-order valence-electron chi connectivity index (χ1n) is 33.2. The zero-order valence-corrected chi connectivity index (χ0v) is 46.6. The summed E-state index contributed by atoms with van der Waals surface area (Å²) in [6, 6.07) is 53.0. The van der Waals surface area contributed by atoms with Crippen LogP contribution in [0, 0.1) is 24.4 Å². The van der Waals surface area contributed by atoms with Gasteiger partial charge < -0.3 is 0 Å². The average molecular weight is 1220 g/mol. The molecule has 13 rings (SSSR count). The molecule has 2 aliphatic heterocycles. The normalized spacial score (nSPS) is 15.9. The van der Waals surface area contributed by atoms with Crippen molar-refractivity contribution in [3.05, 3.63) is 244 Å². The summed E-state index contributed by atoms with van der Waals surface area (Å²) >= 11 is 2.18. The maximum atomic E-state index is 9.52. The maximum absolute atomic E-state index is 9.52. The van der Waals surface area contributed by atoms with E-state index in [2.05, 4.69) is 96.0 Å². The Kier molecular flexibility index (Phi) is 8.98. The van der Waals surface area contributed by atoms with Crippen molar-refractivity contribution in [3.8, 4) is 67.5 Å². The van der Waals surface area contributed by atoms with E-state index in [1.54, 1.807) is 48.5 Å². The Balaban J connectivity index is 1.08. The van der Waals surface area contributed by atoms with Crippen LogP contribution < -0.4 is 19.8 Å². The Labute approximate surface area is 495 Å². The molecule has 0 aliphatic carbocycles. The van der Waals surface area contributed by atoms with Crippen LogP contribution in [-0.2, 0) is 30.2 Å². The molecule has 0 spiro atoms. The van der Waals surface area contributed by atoms with E-state index >= 15 is 0 Å². The fraction of sp³-hybridized carbons (Fsp3) is 0.155. The molecule has 2 aliphatic rings. The SMILES string of the molecule is [2H]c1c([2H])c([2H])c(-c2cc(C([2H])([2H])[2H])cc(-c3cc(C(C)(C)C)cc(C(C)(C)C)c3)c2-n2[c](=[Pt])n(-c3cc(Oc4cc(C([2H])([2H])[2H])cc(N5B6c7ccccc7-c7ccccc7N6c6ccccc65)n4)cc(-c4ccccc4C([2H])([2H])[2H])c3)c3ccccc32)c([2H])c1[2H]. The molecule has 390 valence electrons. The Morgan fingerprint density at radius 1 is 0.506 bits per heavy atom. The molecule has 0 amide bonds. The molecule has 79 heavy (non-hydrogen) atoms. The molecule has 6 nitrogen and oxygen atoms in total. The number of hydrogen-bond donors (Lipinski definition) is 0. The van der Waals surface area contributed by atoms with Crippen molar-refractivity contribution in [1.82, 2.24) is 14.1 Å². The van der Waals surface area contributed by atoms with Gasteiger partial charge in [-0.2, -0.15) is 0 Å². The van der Waals surface area contributed by atoms with Crippen molar-refractivity contribution in [3.63, 3.8) is 0 Å². The summed E-state index contributed by atoms with van der Waals surface area (Å²) in [7, 11) is 0. The van der Waals surface area contributed by atoms with Gasteiger partial charge in [0, 0.05) is 11.3 Å². The summed E-state index contributed by atoms with van der Waals surface area (Å²) in [5.74, 6) is 0.380. The van der Waals surface area contributed by atoms with Gasteiger partial charge in [0.05, 0.1) is 0 Å². The Morgan fingerprint density at radius 3 is 1.78 bits per heavy atom. The van der Waals surface area contributed by atoms with E-state index in [1.165, 1.54) is 12.1 Å². The monoisotopic (exact) mass is 1220 g/mol.